The fourth-order valence-corrected chi connectivity index (χ4v) is 1.64. The van der Waals surface area contributed by atoms with Crippen LogP contribution < -0.4 is 10.1 Å². The molecule has 0 atom stereocenters. The maximum absolute atomic E-state index is 11.8. The summed E-state index contributed by atoms with van der Waals surface area (Å²) >= 11 is 0. The highest BCUT2D eigenvalue weighted by Gasteiger charge is 2.13. The van der Waals surface area contributed by atoms with E-state index in [1.54, 1.807) is 24.3 Å². The van der Waals surface area contributed by atoms with Gasteiger partial charge in [0.15, 0.2) is 6.61 Å². The number of nitriles is 1. The number of hydrogen-bond acceptors (Lipinski definition) is 6. The van der Waals surface area contributed by atoms with Crippen LogP contribution in [0, 0.1) is 11.3 Å². The van der Waals surface area contributed by atoms with Gasteiger partial charge in [-0.15, -0.1) is 0 Å². The normalized spacial score (nSPS) is 9.54. The lowest BCUT2D eigenvalue weighted by atomic mass is 10.2. The third-order valence-corrected chi connectivity index (χ3v) is 3.09. The van der Waals surface area contributed by atoms with Crippen LogP contribution in [0.4, 0.5) is 0 Å². The molecule has 0 aliphatic carbocycles. The average Bonchev–Trinajstić information content (AvgIpc) is 2.61. The molecule has 0 saturated heterocycles. The minimum absolute atomic E-state index is 0.202. The van der Waals surface area contributed by atoms with Crippen LogP contribution in [-0.2, 0) is 14.3 Å². The molecule has 0 radical (unpaired) electrons. The Kier molecular flexibility index (Phi) is 7.78. The van der Waals surface area contributed by atoms with Crippen molar-refractivity contribution >= 4 is 17.8 Å². The highest BCUT2D eigenvalue weighted by atomic mass is 16.5. The Hall–Kier alpha value is -3.08. The van der Waals surface area contributed by atoms with E-state index in [0.717, 1.165) is 0 Å². The molecule has 24 heavy (non-hydrogen) atoms. The topological polar surface area (TPSA) is 109 Å². The van der Waals surface area contributed by atoms with Crippen molar-refractivity contribution in [2.24, 2.45) is 0 Å². The molecule has 0 heterocycles. The Morgan fingerprint density at radius 3 is 2.50 bits per heavy atom. The fraction of sp³-hybridized carbons (Fsp3) is 0.375. The Balaban J connectivity index is 2.33. The molecule has 0 aliphatic rings. The third-order valence-electron chi connectivity index (χ3n) is 3.09. The van der Waals surface area contributed by atoms with E-state index in [0.29, 0.717) is 11.3 Å². The zero-order valence-electron chi connectivity index (χ0n) is 13.6. The van der Waals surface area contributed by atoms with Crippen LogP contribution in [-0.4, -0.2) is 56.5 Å². The summed E-state index contributed by atoms with van der Waals surface area (Å²) in [5.41, 5.74) is 0.371. The van der Waals surface area contributed by atoms with E-state index in [4.69, 9.17) is 14.7 Å². The summed E-state index contributed by atoms with van der Waals surface area (Å²) < 4.78 is 9.77. The second-order valence-corrected chi connectivity index (χ2v) is 4.80. The molecule has 0 fully saturated rings. The number of methoxy groups -OCH3 is 1. The fourth-order valence-electron chi connectivity index (χ4n) is 1.64. The summed E-state index contributed by atoms with van der Waals surface area (Å²) in [6.45, 7) is -0.514. The van der Waals surface area contributed by atoms with E-state index in [9.17, 15) is 14.4 Å². The second-order valence-electron chi connectivity index (χ2n) is 4.80. The Morgan fingerprint density at radius 2 is 1.92 bits per heavy atom. The first-order valence-corrected chi connectivity index (χ1v) is 7.16. The van der Waals surface area contributed by atoms with Gasteiger partial charge in [0.1, 0.15) is 12.3 Å². The number of nitrogens with zero attached hydrogens (tertiary/aromatic N) is 2. The minimum atomic E-state index is -0.723. The molecule has 1 rings (SSSR count). The zero-order valence-corrected chi connectivity index (χ0v) is 13.6. The van der Waals surface area contributed by atoms with Crippen LogP contribution in [0.5, 0.6) is 5.75 Å². The zero-order chi connectivity index (χ0) is 17.9. The van der Waals surface area contributed by atoms with Gasteiger partial charge >= 0.3 is 5.97 Å². The van der Waals surface area contributed by atoms with Crippen molar-refractivity contribution in [3.63, 3.8) is 0 Å². The van der Waals surface area contributed by atoms with Crippen LogP contribution >= 0.6 is 0 Å². The molecular formula is C16H19N3O5. The number of ether oxygens (including phenoxy) is 2. The summed E-state index contributed by atoms with van der Waals surface area (Å²) in [6, 6.07) is 8.30. The average molecular weight is 333 g/mol. The number of hydrogen-bond donors (Lipinski definition) is 1. The van der Waals surface area contributed by atoms with Crippen molar-refractivity contribution in [3.05, 3.63) is 29.8 Å². The molecule has 0 spiro atoms. The molecule has 0 aliphatic heterocycles. The molecule has 8 nitrogen and oxygen atoms in total. The van der Waals surface area contributed by atoms with Gasteiger partial charge in [-0.2, -0.15) is 5.26 Å². The quantitative estimate of drug-likeness (QED) is 0.687. The number of amides is 2. The molecule has 1 aromatic carbocycles. The van der Waals surface area contributed by atoms with E-state index in [2.05, 4.69) is 5.32 Å². The first kappa shape index (κ1) is 19.0. The van der Waals surface area contributed by atoms with Gasteiger partial charge < -0.3 is 19.7 Å². The van der Waals surface area contributed by atoms with Crippen molar-refractivity contribution in [1.82, 2.24) is 10.2 Å². The third kappa shape index (κ3) is 6.36. The van der Waals surface area contributed by atoms with Crippen LogP contribution in [0.1, 0.15) is 16.8 Å². The minimum Gasteiger partial charge on any atom is -0.497 e. The van der Waals surface area contributed by atoms with Gasteiger partial charge in [0.25, 0.3) is 11.8 Å². The van der Waals surface area contributed by atoms with E-state index < -0.39 is 24.4 Å². The van der Waals surface area contributed by atoms with E-state index in [1.165, 1.54) is 19.1 Å². The summed E-state index contributed by atoms with van der Waals surface area (Å²) in [5.74, 6) is -0.962. The van der Waals surface area contributed by atoms with Crippen molar-refractivity contribution in [2.75, 3.05) is 33.9 Å². The monoisotopic (exact) mass is 333 g/mol. The van der Waals surface area contributed by atoms with Crippen molar-refractivity contribution < 1.29 is 23.9 Å². The molecular weight excluding hydrogens is 314 g/mol. The lowest BCUT2D eigenvalue weighted by molar-refractivity contribution is -0.150. The summed E-state index contributed by atoms with van der Waals surface area (Å²) in [5, 5.41) is 10.8. The highest BCUT2D eigenvalue weighted by molar-refractivity contribution is 5.96. The predicted octanol–water partition coefficient (Wildman–Crippen LogP) is 0.340. The second kappa shape index (κ2) is 9.84. The molecule has 2 amide bonds. The Morgan fingerprint density at radius 1 is 1.25 bits per heavy atom. The van der Waals surface area contributed by atoms with Crippen molar-refractivity contribution in [1.29, 1.82) is 5.26 Å². The maximum atomic E-state index is 11.8. The van der Waals surface area contributed by atoms with Crippen LogP contribution in [0.15, 0.2) is 24.3 Å². The van der Waals surface area contributed by atoms with E-state index in [-0.39, 0.29) is 19.5 Å². The summed E-state index contributed by atoms with van der Waals surface area (Å²) in [7, 11) is 3.03. The van der Waals surface area contributed by atoms with E-state index >= 15 is 0 Å². The molecule has 8 heteroatoms. The molecule has 128 valence electrons. The molecule has 1 N–H and O–H groups in total. The van der Waals surface area contributed by atoms with Gasteiger partial charge in [0.05, 0.1) is 19.6 Å². The van der Waals surface area contributed by atoms with Gasteiger partial charge in [-0.1, -0.05) is 0 Å². The predicted molar refractivity (Wildman–Crippen MR) is 84.2 cm³/mol. The SMILES string of the molecule is COc1ccc(C(=O)NCC(=O)OCC(=O)N(C)CCC#N)cc1. The van der Waals surface area contributed by atoms with Crippen LogP contribution in [0.3, 0.4) is 0 Å². The van der Waals surface area contributed by atoms with Gasteiger partial charge in [-0.25, -0.2) is 0 Å². The van der Waals surface area contributed by atoms with Crippen LogP contribution in [0.2, 0.25) is 0 Å². The number of carbonyl (C=O) groups is 3. The molecule has 1 aromatic rings. The smallest absolute Gasteiger partial charge is 0.325 e. The largest absolute Gasteiger partial charge is 0.497 e. The summed E-state index contributed by atoms with van der Waals surface area (Å²) in [4.78, 5) is 36.3. The molecule has 0 unspecified atom stereocenters. The highest BCUT2D eigenvalue weighted by Crippen LogP contribution is 2.10. The number of esters is 1. The lowest BCUT2D eigenvalue weighted by Gasteiger charge is -2.15. The lowest BCUT2D eigenvalue weighted by Crippen LogP contribution is -2.35. The van der Waals surface area contributed by atoms with Gasteiger partial charge in [-0.3, -0.25) is 14.4 Å². The number of benzene rings is 1. The number of likely N-dealkylation sites (N-methyl/N-ethyl adjacent to an activating group) is 1. The van der Waals surface area contributed by atoms with Gasteiger partial charge in [0, 0.05) is 19.2 Å². The number of nitrogens with one attached hydrogen (secondary N) is 1. The molecule has 0 saturated carbocycles. The Bertz CT molecular complexity index is 622. The van der Waals surface area contributed by atoms with Crippen molar-refractivity contribution in [2.45, 2.75) is 6.42 Å². The molecule has 0 bridgehead atoms. The Labute approximate surface area is 139 Å². The first-order valence-electron chi connectivity index (χ1n) is 7.16. The van der Waals surface area contributed by atoms with Crippen LogP contribution in [0.25, 0.3) is 0 Å². The van der Waals surface area contributed by atoms with Gasteiger partial charge in [0.2, 0.25) is 0 Å². The standard InChI is InChI=1S/C16H19N3O5/c1-19(9-3-8-17)14(20)11-24-15(21)10-18-16(22)12-4-6-13(23-2)7-5-12/h4-7H,3,9-11H2,1-2H3,(H,18,22). The number of rotatable bonds is 8. The van der Waals surface area contributed by atoms with Gasteiger partial charge in [-0.05, 0) is 24.3 Å². The summed E-state index contributed by atoms with van der Waals surface area (Å²) in [6.07, 6.45) is 0.202. The molecule has 0 aromatic heterocycles. The van der Waals surface area contributed by atoms with E-state index in [1.807, 2.05) is 6.07 Å². The first-order chi connectivity index (χ1) is 11.5. The maximum Gasteiger partial charge on any atom is 0.325 e. The van der Waals surface area contributed by atoms with Crippen molar-refractivity contribution in [3.8, 4) is 11.8 Å². The number of carbonyl (C=O) groups excluding carboxylic acids is 3.